The monoisotopic (exact) mass is 339 g/mol. The minimum absolute atomic E-state index is 0.00845. The maximum absolute atomic E-state index is 12.8. The number of hydrogen-bond donors (Lipinski definition) is 0. The van der Waals surface area contributed by atoms with Crippen molar-refractivity contribution in [1.82, 2.24) is 4.90 Å². The Morgan fingerprint density at radius 1 is 1.20 bits per heavy atom. The molecule has 2 fully saturated rings. The van der Waals surface area contributed by atoms with Crippen molar-refractivity contribution < 1.29 is 14.3 Å². The molecule has 0 radical (unpaired) electrons. The van der Waals surface area contributed by atoms with E-state index in [1.165, 1.54) is 21.6 Å². The molecule has 4 atom stereocenters. The van der Waals surface area contributed by atoms with E-state index in [1.54, 1.807) is 14.2 Å². The first-order valence-electron chi connectivity index (χ1n) is 9.10. The minimum Gasteiger partial charge on any atom is -0.497 e. The number of fused-ring (bicyclic) bond motifs is 3. The SMILES string of the molecule is CCC12CC(c3ccc(OC)cc3)C1=C(C)CC1C(=O)N(C)C(=O)C12. The fraction of sp³-hybridized carbons (Fsp3) is 0.524. The number of hydrogen-bond acceptors (Lipinski definition) is 3. The highest BCUT2D eigenvalue weighted by atomic mass is 16.5. The van der Waals surface area contributed by atoms with Gasteiger partial charge in [0.2, 0.25) is 11.8 Å². The van der Waals surface area contributed by atoms with Gasteiger partial charge in [0.05, 0.1) is 18.9 Å². The Morgan fingerprint density at radius 3 is 2.48 bits per heavy atom. The van der Waals surface area contributed by atoms with Gasteiger partial charge in [0.15, 0.2) is 0 Å². The molecule has 25 heavy (non-hydrogen) atoms. The quantitative estimate of drug-likeness (QED) is 0.625. The van der Waals surface area contributed by atoms with Crippen LogP contribution in [0.15, 0.2) is 35.4 Å². The Balaban J connectivity index is 1.75. The molecule has 0 spiro atoms. The minimum atomic E-state index is -0.164. The molecule has 4 nitrogen and oxygen atoms in total. The number of benzene rings is 1. The van der Waals surface area contributed by atoms with E-state index in [9.17, 15) is 9.59 Å². The van der Waals surface area contributed by atoms with Crippen LogP contribution in [0.2, 0.25) is 0 Å². The summed E-state index contributed by atoms with van der Waals surface area (Å²) in [5, 5.41) is 0. The molecule has 2 amide bonds. The number of rotatable bonds is 3. The standard InChI is InChI=1S/C21H25NO3/c1-5-21-11-16(13-6-8-14(25-4)9-7-13)17(21)12(2)10-15-18(21)20(24)22(3)19(15)23/h6-9,15-16,18H,5,10-11H2,1-4H3. The number of likely N-dealkylation sites (tertiary alicyclic amines) is 1. The lowest BCUT2D eigenvalue weighted by molar-refractivity contribution is -0.139. The van der Waals surface area contributed by atoms with Crippen LogP contribution in [0, 0.1) is 17.3 Å². The van der Waals surface area contributed by atoms with Gasteiger partial charge in [0, 0.05) is 18.4 Å². The summed E-state index contributed by atoms with van der Waals surface area (Å²) in [6, 6.07) is 8.26. The van der Waals surface area contributed by atoms with Crippen molar-refractivity contribution >= 4 is 11.8 Å². The summed E-state index contributed by atoms with van der Waals surface area (Å²) in [6.45, 7) is 4.32. The summed E-state index contributed by atoms with van der Waals surface area (Å²) < 4.78 is 5.26. The summed E-state index contributed by atoms with van der Waals surface area (Å²) >= 11 is 0. The number of amides is 2. The molecule has 1 aliphatic heterocycles. The second-order valence-electron chi connectivity index (χ2n) is 7.76. The Hall–Kier alpha value is -2.10. The van der Waals surface area contributed by atoms with Gasteiger partial charge < -0.3 is 4.74 Å². The first kappa shape index (κ1) is 16.4. The third-order valence-electron chi connectivity index (χ3n) is 6.83. The van der Waals surface area contributed by atoms with Gasteiger partial charge in [-0.3, -0.25) is 14.5 Å². The third kappa shape index (κ3) is 2.00. The number of imide groups is 1. The molecule has 4 heteroatoms. The van der Waals surface area contributed by atoms with Crippen LogP contribution < -0.4 is 4.74 Å². The zero-order valence-electron chi connectivity index (χ0n) is 15.3. The van der Waals surface area contributed by atoms with Crippen LogP contribution in [-0.2, 0) is 9.59 Å². The highest BCUT2D eigenvalue weighted by molar-refractivity contribution is 6.06. The van der Waals surface area contributed by atoms with E-state index < -0.39 is 0 Å². The molecule has 132 valence electrons. The van der Waals surface area contributed by atoms with Gasteiger partial charge in [-0.1, -0.05) is 30.2 Å². The van der Waals surface area contributed by atoms with Crippen LogP contribution in [0.5, 0.6) is 5.75 Å². The highest BCUT2D eigenvalue weighted by Crippen LogP contribution is 2.68. The lowest BCUT2D eigenvalue weighted by atomic mass is 9.44. The van der Waals surface area contributed by atoms with Crippen LogP contribution in [-0.4, -0.2) is 30.9 Å². The molecule has 1 heterocycles. The Bertz CT molecular complexity index is 779. The van der Waals surface area contributed by atoms with E-state index in [1.807, 2.05) is 12.1 Å². The van der Waals surface area contributed by atoms with E-state index in [0.717, 1.165) is 25.0 Å². The van der Waals surface area contributed by atoms with Gasteiger partial charge in [-0.25, -0.2) is 0 Å². The molecule has 0 N–H and O–H groups in total. The molecule has 1 aromatic carbocycles. The summed E-state index contributed by atoms with van der Waals surface area (Å²) in [6.07, 6.45) is 2.60. The summed E-state index contributed by atoms with van der Waals surface area (Å²) in [7, 11) is 3.31. The molecule has 0 bridgehead atoms. The van der Waals surface area contributed by atoms with Crippen molar-refractivity contribution in [3.63, 3.8) is 0 Å². The zero-order valence-corrected chi connectivity index (χ0v) is 15.3. The van der Waals surface area contributed by atoms with Gasteiger partial charge in [0.25, 0.3) is 0 Å². The lowest BCUT2D eigenvalue weighted by Crippen LogP contribution is -2.52. The topological polar surface area (TPSA) is 46.6 Å². The zero-order chi connectivity index (χ0) is 17.9. The fourth-order valence-corrected chi connectivity index (χ4v) is 5.63. The van der Waals surface area contributed by atoms with Gasteiger partial charge >= 0.3 is 0 Å². The van der Waals surface area contributed by atoms with Crippen LogP contribution in [0.4, 0.5) is 0 Å². The van der Waals surface area contributed by atoms with Gasteiger partial charge in [-0.05, 0) is 43.9 Å². The van der Waals surface area contributed by atoms with Crippen LogP contribution in [0.3, 0.4) is 0 Å². The fourth-order valence-electron chi connectivity index (χ4n) is 5.63. The summed E-state index contributed by atoms with van der Waals surface area (Å²) in [4.78, 5) is 26.7. The molecule has 4 rings (SSSR count). The van der Waals surface area contributed by atoms with Gasteiger partial charge in [-0.15, -0.1) is 0 Å². The molecular formula is C21H25NO3. The van der Waals surface area contributed by atoms with Crippen molar-refractivity contribution in [1.29, 1.82) is 0 Å². The van der Waals surface area contributed by atoms with Crippen molar-refractivity contribution in [2.24, 2.45) is 17.3 Å². The van der Waals surface area contributed by atoms with Crippen molar-refractivity contribution in [2.45, 2.75) is 39.0 Å². The maximum atomic E-state index is 12.8. The number of nitrogens with zero attached hydrogens (tertiary/aromatic N) is 1. The van der Waals surface area contributed by atoms with E-state index in [2.05, 4.69) is 26.0 Å². The Kier molecular flexibility index (Phi) is 3.57. The summed E-state index contributed by atoms with van der Waals surface area (Å²) in [5.74, 6) is 0.934. The summed E-state index contributed by atoms with van der Waals surface area (Å²) in [5.41, 5.74) is 3.88. The normalized spacial score (nSPS) is 33.9. The predicted octanol–water partition coefficient (Wildman–Crippen LogP) is 3.53. The lowest BCUT2D eigenvalue weighted by Gasteiger charge is -2.58. The first-order chi connectivity index (χ1) is 11.9. The van der Waals surface area contributed by atoms with Crippen molar-refractivity contribution in [3.8, 4) is 5.75 Å². The number of ether oxygens (including phenoxy) is 1. The average Bonchev–Trinajstić information content (AvgIpc) is 2.80. The van der Waals surface area contributed by atoms with Gasteiger partial charge in [-0.2, -0.15) is 0 Å². The Labute approximate surface area is 148 Å². The number of methoxy groups -OCH3 is 1. The van der Waals surface area contributed by atoms with Crippen LogP contribution in [0.25, 0.3) is 0 Å². The van der Waals surface area contributed by atoms with E-state index >= 15 is 0 Å². The molecule has 1 saturated carbocycles. The smallest absolute Gasteiger partial charge is 0.233 e. The van der Waals surface area contributed by atoms with Gasteiger partial charge in [0.1, 0.15) is 5.75 Å². The van der Waals surface area contributed by atoms with E-state index in [4.69, 9.17) is 4.74 Å². The molecule has 0 aromatic heterocycles. The van der Waals surface area contributed by atoms with E-state index in [0.29, 0.717) is 5.92 Å². The molecule has 3 aliphatic rings. The van der Waals surface area contributed by atoms with Crippen LogP contribution >= 0.6 is 0 Å². The first-order valence-corrected chi connectivity index (χ1v) is 9.10. The molecule has 4 unspecified atom stereocenters. The second kappa shape index (κ2) is 5.45. The molecular weight excluding hydrogens is 314 g/mol. The van der Waals surface area contributed by atoms with E-state index in [-0.39, 0.29) is 29.1 Å². The molecule has 1 aromatic rings. The maximum Gasteiger partial charge on any atom is 0.233 e. The third-order valence-corrected chi connectivity index (χ3v) is 6.83. The predicted molar refractivity (Wildman–Crippen MR) is 95.2 cm³/mol. The highest BCUT2D eigenvalue weighted by Gasteiger charge is 2.64. The average molecular weight is 339 g/mol. The second-order valence-corrected chi connectivity index (χ2v) is 7.76. The number of carbonyl (C=O) groups is 2. The molecule has 1 saturated heterocycles. The van der Waals surface area contributed by atoms with Crippen molar-refractivity contribution in [3.05, 3.63) is 41.0 Å². The largest absolute Gasteiger partial charge is 0.497 e. The number of carbonyl (C=O) groups excluding carboxylic acids is 2. The Morgan fingerprint density at radius 2 is 1.88 bits per heavy atom. The number of allylic oxidation sites excluding steroid dienone is 2. The van der Waals surface area contributed by atoms with Crippen LogP contribution in [0.1, 0.15) is 44.6 Å². The van der Waals surface area contributed by atoms with Crippen molar-refractivity contribution in [2.75, 3.05) is 14.2 Å². The molecule has 2 aliphatic carbocycles.